The topological polar surface area (TPSA) is 38.0 Å². The fourth-order valence-corrected chi connectivity index (χ4v) is 2.14. The number of nitrogens with one attached hydrogen (secondary N) is 1. The number of hydrogen-bond acceptors (Lipinski definition) is 2. The molecule has 100 valence electrons. The average molecular weight is 323 g/mol. The summed E-state index contributed by atoms with van der Waals surface area (Å²) in [5.41, 5.74) is 9.08. The van der Waals surface area contributed by atoms with E-state index in [2.05, 4.69) is 47.2 Å². The molecule has 0 heterocycles. The minimum absolute atomic E-state index is 0.337. The first-order chi connectivity index (χ1) is 8.97. The van der Waals surface area contributed by atoms with E-state index in [9.17, 15) is 4.39 Å². The molecule has 0 radical (unpaired) electrons. The first-order valence-corrected chi connectivity index (χ1v) is 6.88. The molecule has 0 aliphatic carbocycles. The number of rotatable bonds is 3. The van der Waals surface area contributed by atoms with Crippen LogP contribution in [0.15, 0.2) is 40.9 Å². The van der Waals surface area contributed by atoms with Gasteiger partial charge in [0.1, 0.15) is 5.82 Å². The van der Waals surface area contributed by atoms with Crippen LogP contribution in [-0.2, 0) is 0 Å². The van der Waals surface area contributed by atoms with E-state index >= 15 is 0 Å². The summed E-state index contributed by atoms with van der Waals surface area (Å²) < 4.78 is 13.9. The molecular weight excluding hydrogens is 307 g/mol. The summed E-state index contributed by atoms with van der Waals surface area (Å²) in [7, 11) is 0. The second-order valence-corrected chi connectivity index (χ2v) is 5.61. The highest BCUT2D eigenvalue weighted by Crippen LogP contribution is 2.29. The molecule has 2 aromatic carbocycles. The maximum atomic E-state index is 13.5. The van der Waals surface area contributed by atoms with Crippen molar-refractivity contribution < 1.29 is 4.39 Å². The lowest BCUT2D eigenvalue weighted by Gasteiger charge is -2.12. The van der Waals surface area contributed by atoms with Crippen molar-refractivity contribution in [1.82, 2.24) is 0 Å². The van der Waals surface area contributed by atoms with Crippen LogP contribution in [0.5, 0.6) is 0 Å². The Bertz CT molecular complexity index is 579. The predicted octanol–water partition coefficient (Wildman–Crippen LogP) is 5.04. The molecule has 0 amide bonds. The predicted molar refractivity (Wildman–Crippen MR) is 82.3 cm³/mol. The number of benzene rings is 2. The van der Waals surface area contributed by atoms with Gasteiger partial charge < -0.3 is 11.1 Å². The Morgan fingerprint density at radius 2 is 1.79 bits per heavy atom. The van der Waals surface area contributed by atoms with Crippen LogP contribution in [0.25, 0.3) is 0 Å². The van der Waals surface area contributed by atoms with Gasteiger partial charge in [-0.15, -0.1) is 0 Å². The summed E-state index contributed by atoms with van der Waals surface area (Å²) >= 11 is 3.11. The van der Waals surface area contributed by atoms with Crippen LogP contribution in [0.1, 0.15) is 25.3 Å². The normalized spacial score (nSPS) is 10.8. The van der Waals surface area contributed by atoms with Gasteiger partial charge in [-0.2, -0.15) is 0 Å². The van der Waals surface area contributed by atoms with E-state index < -0.39 is 0 Å². The minimum atomic E-state index is -0.337. The Morgan fingerprint density at radius 1 is 1.16 bits per heavy atom. The van der Waals surface area contributed by atoms with Gasteiger partial charge in [-0.05, 0) is 45.6 Å². The fourth-order valence-electron chi connectivity index (χ4n) is 1.78. The van der Waals surface area contributed by atoms with Crippen LogP contribution in [0.3, 0.4) is 0 Å². The van der Waals surface area contributed by atoms with Crippen LogP contribution in [-0.4, -0.2) is 0 Å². The molecule has 2 aromatic rings. The second-order valence-electron chi connectivity index (χ2n) is 4.76. The van der Waals surface area contributed by atoms with Gasteiger partial charge in [-0.25, -0.2) is 4.39 Å². The maximum absolute atomic E-state index is 13.5. The largest absolute Gasteiger partial charge is 0.397 e. The molecular formula is C15H16BrFN2. The zero-order chi connectivity index (χ0) is 14.0. The first kappa shape index (κ1) is 13.9. The molecule has 4 heteroatoms. The van der Waals surface area contributed by atoms with Crippen molar-refractivity contribution in [3.63, 3.8) is 0 Å². The van der Waals surface area contributed by atoms with Gasteiger partial charge in [-0.3, -0.25) is 0 Å². The molecule has 3 N–H and O–H groups in total. The molecule has 0 aromatic heterocycles. The van der Waals surface area contributed by atoms with Crippen LogP contribution in [0, 0.1) is 5.82 Å². The monoisotopic (exact) mass is 322 g/mol. The molecule has 0 atom stereocenters. The summed E-state index contributed by atoms with van der Waals surface area (Å²) in [6.45, 7) is 4.29. The average Bonchev–Trinajstić information content (AvgIpc) is 2.36. The molecule has 0 bridgehead atoms. The summed E-state index contributed by atoms with van der Waals surface area (Å²) in [6, 6.07) is 11.0. The van der Waals surface area contributed by atoms with Crippen LogP contribution in [0.4, 0.5) is 21.5 Å². The molecule has 0 saturated heterocycles. The molecule has 0 aliphatic rings. The van der Waals surface area contributed by atoms with E-state index in [1.807, 2.05) is 12.1 Å². The Labute approximate surface area is 121 Å². The molecule has 0 fully saturated rings. The van der Waals surface area contributed by atoms with Gasteiger partial charge in [0.05, 0.1) is 15.8 Å². The molecule has 2 rings (SSSR count). The van der Waals surface area contributed by atoms with Crippen LogP contribution in [0.2, 0.25) is 0 Å². The Hall–Kier alpha value is -1.55. The van der Waals surface area contributed by atoms with Crippen molar-refractivity contribution in [2.45, 2.75) is 19.8 Å². The number of nitrogens with two attached hydrogens (primary N) is 1. The third-order valence-electron chi connectivity index (χ3n) is 2.95. The van der Waals surface area contributed by atoms with E-state index in [0.717, 1.165) is 5.69 Å². The number of hydrogen-bond donors (Lipinski definition) is 2. The third-order valence-corrected chi connectivity index (χ3v) is 3.56. The highest BCUT2D eigenvalue weighted by Gasteiger charge is 2.06. The van der Waals surface area contributed by atoms with Gasteiger partial charge in [0.2, 0.25) is 0 Å². The Morgan fingerprint density at radius 3 is 2.37 bits per heavy atom. The van der Waals surface area contributed by atoms with Crippen LogP contribution >= 0.6 is 15.9 Å². The highest BCUT2D eigenvalue weighted by molar-refractivity contribution is 9.10. The van der Waals surface area contributed by atoms with E-state index in [0.29, 0.717) is 21.8 Å². The fraction of sp³-hybridized carbons (Fsp3) is 0.200. The van der Waals surface area contributed by atoms with Crippen molar-refractivity contribution in [2.24, 2.45) is 0 Å². The van der Waals surface area contributed by atoms with Gasteiger partial charge in [0.15, 0.2) is 0 Å². The zero-order valence-corrected chi connectivity index (χ0v) is 12.5. The van der Waals surface area contributed by atoms with E-state index in [1.165, 1.54) is 11.6 Å². The third kappa shape index (κ3) is 3.26. The molecule has 19 heavy (non-hydrogen) atoms. The van der Waals surface area contributed by atoms with Gasteiger partial charge >= 0.3 is 0 Å². The number of anilines is 3. The minimum Gasteiger partial charge on any atom is -0.397 e. The van der Waals surface area contributed by atoms with E-state index in [4.69, 9.17) is 5.73 Å². The van der Waals surface area contributed by atoms with Gasteiger partial charge in [0, 0.05) is 11.8 Å². The van der Waals surface area contributed by atoms with Crippen molar-refractivity contribution in [2.75, 3.05) is 11.1 Å². The van der Waals surface area contributed by atoms with Crippen LogP contribution < -0.4 is 11.1 Å². The maximum Gasteiger partial charge on any atom is 0.139 e. The lowest BCUT2D eigenvalue weighted by Crippen LogP contribution is -1.98. The standard InChI is InChI=1S/C15H16BrFN2/c1-9(2)10-3-5-11(6-4-10)19-15-8-13(17)12(16)7-14(15)18/h3-9,19H,18H2,1-2H3. The van der Waals surface area contributed by atoms with Gasteiger partial charge in [-0.1, -0.05) is 26.0 Å². The number of halogens is 2. The molecule has 0 unspecified atom stereocenters. The summed E-state index contributed by atoms with van der Waals surface area (Å²) in [4.78, 5) is 0. The first-order valence-electron chi connectivity index (χ1n) is 6.09. The van der Waals surface area contributed by atoms with Crippen molar-refractivity contribution in [1.29, 1.82) is 0 Å². The smallest absolute Gasteiger partial charge is 0.139 e. The van der Waals surface area contributed by atoms with Crippen molar-refractivity contribution >= 4 is 33.0 Å². The Balaban J connectivity index is 2.24. The molecule has 0 spiro atoms. The van der Waals surface area contributed by atoms with E-state index in [1.54, 1.807) is 6.07 Å². The lowest BCUT2D eigenvalue weighted by molar-refractivity contribution is 0.622. The quantitative estimate of drug-likeness (QED) is 0.777. The highest BCUT2D eigenvalue weighted by atomic mass is 79.9. The SMILES string of the molecule is CC(C)c1ccc(Nc2cc(F)c(Br)cc2N)cc1. The summed E-state index contributed by atoms with van der Waals surface area (Å²) in [5, 5.41) is 3.12. The summed E-state index contributed by atoms with van der Waals surface area (Å²) in [6.07, 6.45) is 0. The lowest BCUT2D eigenvalue weighted by atomic mass is 10.0. The second kappa shape index (κ2) is 5.61. The molecule has 2 nitrogen and oxygen atoms in total. The Kier molecular flexibility index (Phi) is 4.10. The number of nitrogen functional groups attached to an aromatic ring is 1. The summed E-state index contributed by atoms with van der Waals surface area (Å²) in [5.74, 6) is 0.153. The molecule has 0 saturated carbocycles. The van der Waals surface area contributed by atoms with Crippen molar-refractivity contribution in [3.8, 4) is 0 Å². The van der Waals surface area contributed by atoms with E-state index in [-0.39, 0.29) is 5.82 Å². The molecule has 0 aliphatic heterocycles. The zero-order valence-electron chi connectivity index (χ0n) is 10.9. The van der Waals surface area contributed by atoms with Gasteiger partial charge in [0.25, 0.3) is 0 Å². The van der Waals surface area contributed by atoms with Crippen molar-refractivity contribution in [3.05, 3.63) is 52.3 Å².